The summed E-state index contributed by atoms with van der Waals surface area (Å²) in [6.45, 7) is 2.08. The van der Waals surface area contributed by atoms with Gasteiger partial charge in [0.2, 0.25) is 0 Å². The second kappa shape index (κ2) is 8.54. The molecule has 3 nitrogen and oxygen atoms in total. The maximum Gasteiger partial charge on any atom is 0.118 e. The van der Waals surface area contributed by atoms with Crippen molar-refractivity contribution in [3.8, 4) is 5.75 Å². The molecule has 0 aliphatic carbocycles. The van der Waals surface area contributed by atoms with Crippen molar-refractivity contribution in [3.05, 3.63) is 95.6 Å². The Bertz CT molecular complexity index is 798. The molecule has 0 saturated carbocycles. The Morgan fingerprint density at radius 1 is 0.846 bits per heavy atom. The third kappa shape index (κ3) is 4.64. The van der Waals surface area contributed by atoms with E-state index in [-0.39, 0.29) is 6.04 Å². The monoisotopic (exact) mass is 347 g/mol. The first-order valence-electron chi connectivity index (χ1n) is 8.86. The molecule has 0 aromatic heterocycles. The normalized spacial score (nSPS) is 13.0. The molecule has 2 N–H and O–H groups in total. The molecule has 2 unspecified atom stereocenters. The number of aliphatic hydroxyl groups excluding tert-OH is 1. The number of hydrogen-bond donors (Lipinski definition) is 2. The molecular weight excluding hydrogens is 322 g/mol. The van der Waals surface area contributed by atoms with E-state index in [1.54, 1.807) is 7.11 Å². The standard InChI is InChI=1S/C23H25NO2/c1-17-8-12-20(13-9-17)24-22(18-6-4-3-5-7-18)16-23(25)19-10-14-21(26-2)15-11-19/h3-15,22-25H,16H2,1-2H3. The Morgan fingerprint density at radius 3 is 2.12 bits per heavy atom. The van der Waals surface area contributed by atoms with Gasteiger partial charge in [-0.1, -0.05) is 60.2 Å². The van der Waals surface area contributed by atoms with Gasteiger partial charge in [-0.3, -0.25) is 0 Å². The molecular formula is C23H25NO2. The van der Waals surface area contributed by atoms with E-state index in [2.05, 4.69) is 48.6 Å². The van der Waals surface area contributed by atoms with Gasteiger partial charge < -0.3 is 15.2 Å². The van der Waals surface area contributed by atoms with Crippen LogP contribution in [-0.4, -0.2) is 12.2 Å². The molecule has 0 aliphatic rings. The van der Waals surface area contributed by atoms with Crippen molar-refractivity contribution in [2.24, 2.45) is 0 Å². The predicted molar refractivity (Wildman–Crippen MR) is 107 cm³/mol. The second-order valence-corrected chi connectivity index (χ2v) is 6.50. The number of nitrogens with one attached hydrogen (secondary N) is 1. The third-order valence-corrected chi connectivity index (χ3v) is 4.55. The van der Waals surface area contributed by atoms with E-state index in [9.17, 15) is 5.11 Å². The van der Waals surface area contributed by atoms with Crippen LogP contribution in [0.1, 0.15) is 35.3 Å². The summed E-state index contributed by atoms with van der Waals surface area (Å²) in [6, 6.07) is 26.2. The summed E-state index contributed by atoms with van der Waals surface area (Å²) < 4.78 is 5.19. The predicted octanol–water partition coefficient (Wildman–Crippen LogP) is 5.28. The fourth-order valence-corrected chi connectivity index (χ4v) is 3.00. The minimum atomic E-state index is -0.566. The van der Waals surface area contributed by atoms with Crippen LogP contribution in [0.4, 0.5) is 5.69 Å². The average molecular weight is 347 g/mol. The van der Waals surface area contributed by atoms with Gasteiger partial charge in [-0.2, -0.15) is 0 Å². The van der Waals surface area contributed by atoms with Crippen molar-refractivity contribution in [2.45, 2.75) is 25.5 Å². The van der Waals surface area contributed by atoms with Gasteiger partial charge >= 0.3 is 0 Å². The smallest absolute Gasteiger partial charge is 0.118 e. The molecule has 0 bridgehead atoms. The first kappa shape index (κ1) is 18.0. The van der Waals surface area contributed by atoms with Crippen LogP contribution < -0.4 is 10.1 Å². The Morgan fingerprint density at radius 2 is 1.50 bits per heavy atom. The molecule has 26 heavy (non-hydrogen) atoms. The molecule has 0 aliphatic heterocycles. The summed E-state index contributed by atoms with van der Waals surface area (Å²) in [7, 11) is 1.64. The highest BCUT2D eigenvalue weighted by atomic mass is 16.5. The van der Waals surface area contributed by atoms with Crippen molar-refractivity contribution in [3.63, 3.8) is 0 Å². The van der Waals surface area contributed by atoms with Crippen LogP contribution in [0.15, 0.2) is 78.9 Å². The quantitative estimate of drug-likeness (QED) is 0.611. The number of rotatable bonds is 7. The average Bonchev–Trinajstić information content (AvgIpc) is 2.70. The number of aliphatic hydroxyl groups is 1. The SMILES string of the molecule is COc1ccc(C(O)CC(Nc2ccc(C)cc2)c2ccccc2)cc1. The lowest BCUT2D eigenvalue weighted by molar-refractivity contribution is 0.160. The highest BCUT2D eigenvalue weighted by molar-refractivity contribution is 5.47. The molecule has 0 amide bonds. The van der Waals surface area contributed by atoms with Gasteiger partial charge in [-0.05, 0) is 42.3 Å². The van der Waals surface area contributed by atoms with E-state index in [4.69, 9.17) is 4.74 Å². The zero-order valence-electron chi connectivity index (χ0n) is 15.2. The van der Waals surface area contributed by atoms with Gasteiger partial charge in [0.05, 0.1) is 19.3 Å². The Balaban J connectivity index is 1.79. The maximum absolute atomic E-state index is 10.8. The van der Waals surface area contributed by atoms with Crippen molar-refractivity contribution in [2.75, 3.05) is 12.4 Å². The number of benzene rings is 3. The van der Waals surface area contributed by atoms with Gasteiger partial charge in [0.25, 0.3) is 0 Å². The van der Waals surface area contributed by atoms with E-state index in [1.165, 1.54) is 5.56 Å². The van der Waals surface area contributed by atoms with E-state index < -0.39 is 6.10 Å². The van der Waals surface area contributed by atoms with Crippen molar-refractivity contribution >= 4 is 5.69 Å². The molecule has 134 valence electrons. The highest BCUT2D eigenvalue weighted by Crippen LogP contribution is 2.30. The van der Waals surface area contributed by atoms with Crippen LogP contribution in [0.2, 0.25) is 0 Å². The van der Waals surface area contributed by atoms with E-state index >= 15 is 0 Å². The first-order chi connectivity index (χ1) is 12.7. The largest absolute Gasteiger partial charge is 0.497 e. The molecule has 0 radical (unpaired) electrons. The lowest BCUT2D eigenvalue weighted by Crippen LogP contribution is -2.15. The summed E-state index contributed by atoms with van der Waals surface area (Å²) in [4.78, 5) is 0. The lowest BCUT2D eigenvalue weighted by atomic mass is 9.96. The van der Waals surface area contributed by atoms with E-state index in [1.807, 2.05) is 42.5 Å². The van der Waals surface area contributed by atoms with E-state index in [0.717, 1.165) is 22.6 Å². The van der Waals surface area contributed by atoms with Crippen LogP contribution in [0.5, 0.6) is 5.75 Å². The minimum absolute atomic E-state index is 0.0102. The molecule has 0 saturated heterocycles. The lowest BCUT2D eigenvalue weighted by Gasteiger charge is -2.24. The zero-order valence-corrected chi connectivity index (χ0v) is 15.2. The number of methoxy groups -OCH3 is 1. The summed E-state index contributed by atoms with van der Waals surface area (Å²) >= 11 is 0. The number of aryl methyl sites for hydroxylation is 1. The highest BCUT2D eigenvalue weighted by Gasteiger charge is 2.18. The fourth-order valence-electron chi connectivity index (χ4n) is 3.00. The van der Waals surface area contributed by atoms with Crippen molar-refractivity contribution in [1.82, 2.24) is 0 Å². The summed E-state index contributed by atoms with van der Waals surface area (Å²) in [6.07, 6.45) is 0.00794. The van der Waals surface area contributed by atoms with Crippen LogP contribution >= 0.6 is 0 Å². The second-order valence-electron chi connectivity index (χ2n) is 6.50. The zero-order chi connectivity index (χ0) is 18.4. The molecule has 3 aromatic carbocycles. The van der Waals surface area contributed by atoms with Crippen molar-refractivity contribution in [1.29, 1.82) is 0 Å². The topological polar surface area (TPSA) is 41.5 Å². The van der Waals surface area contributed by atoms with Crippen LogP contribution in [0, 0.1) is 6.92 Å². The Kier molecular flexibility index (Phi) is 5.92. The molecule has 3 rings (SSSR count). The molecule has 0 spiro atoms. The number of anilines is 1. The van der Waals surface area contributed by atoms with Gasteiger partial charge in [-0.15, -0.1) is 0 Å². The summed E-state index contributed by atoms with van der Waals surface area (Å²) in [5.41, 5.74) is 4.31. The molecule has 2 atom stereocenters. The van der Waals surface area contributed by atoms with Gasteiger partial charge in [-0.25, -0.2) is 0 Å². The number of hydrogen-bond acceptors (Lipinski definition) is 3. The molecule has 3 aromatic rings. The van der Waals surface area contributed by atoms with Gasteiger partial charge in [0.15, 0.2) is 0 Å². The third-order valence-electron chi connectivity index (χ3n) is 4.55. The summed E-state index contributed by atoms with van der Waals surface area (Å²) in [5.74, 6) is 0.790. The minimum Gasteiger partial charge on any atom is -0.497 e. The Labute approximate surface area is 155 Å². The maximum atomic E-state index is 10.8. The Hall–Kier alpha value is -2.78. The van der Waals surface area contributed by atoms with Crippen LogP contribution in [0.3, 0.4) is 0 Å². The van der Waals surface area contributed by atoms with E-state index in [0.29, 0.717) is 6.42 Å². The van der Waals surface area contributed by atoms with Crippen LogP contribution in [-0.2, 0) is 0 Å². The number of ether oxygens (including phenoxy) is 1. The van der Waals surface area contributed by atoms with Gasteiger partial charge in [0.1, 0.15) is 5.75 Å². The van der Waals surface area contributed by atoms with Crippen molar-refractivity contribution < 1.29 is 9.84 Å². The fraction of sp³-hybridized carbons (Fsp3) is 0.217. The molecule has 0 fully saturated rings. The summed E-state index contributed by atoms with van der Waals surface area (Å²) in [5, 5.41) is 14.3. The van der Waals surface area contributed by atoms with Gasteiger partial charge in [0, 0.05) is 12.1 Å². The molecule has 3 heteroatoms. The molecule has 0 heterocycles. The van der Waals surface area contributed by atoms with Crippen LogP contribution in [0.25, 0.3) is 0 Å². The first-order valence-corrected chi connectivity index (χ1v) is 8.86.